The zero-order chi connectivity index (χ0) is 10.8. The SMILES string of the molecule is OC1(/C(Cl)=C/SC(F)(F)F)CCCC1. The third-order valence-corrected chi connectivity index (χ3v) is 3.38. The summed E-state index contributed by atoms with van der Waals surface area (Å²) in [6, 6.07) is 0. The molecule has 1 fully saturated rings. The molecule has 0 heterocycles. The average molecular weight is 247 g/mol. The van der Waals surface area contributed by atoms with E-state index in [-0.39, 0.29) is 16.8 Å². The quantitative estimate of drug-likeness (QED) is 0.803. The van der Waals surface area contributed by atoms with Crippen molar-refractivity contribution in [2.24, 2.45) is 0 Å². The van der Waals surface area contributed by atoms with Gasteiger partial charge in [-0.2, -0.15) is 13.2 Å². The lowest BCUT2D eigenvalue weighted by Crippen LogP contribution is -2.24. The molecule has 1 rings (SSSR count). The molecule has 1 aliphatic carbocycles. The highest BCUT2D eigenvalue weighted by molar-refractivity contribution is 8.03. The van der Waals surface area contributed by atoms with Gasteiger partial charge in [-0.3, -0.25) is 0 Å². The number of aliphatic hydroxyl groups is 1. The summed E-state index contributed by atoms with van der Waals surface area (Å²) in [6.07, 6.45) is 2.50. The van der Waals surface area contributed by atoms with Crippen LogP contribution in [0.4, 0.5) is 13.2 Å². The van der Waals surface area contributed by atoms with Crippen LogP contribution in [0.15, 0.2) is 10.4 Å². The minimum absolute atomic E-state index is 0.0997. The van der Waals surface area contributed by atoms with E-state index < -0.39 is 11.1 Å². The van der Waals surface area contributed by atoms with Crippen LogP contribution in [0.1, 0.15) is 25.7 Å². The predicted octanol–water partition coefficient (Wildman–Crippen LogP) is 3.62. The van der Waals surface area contributed by atoms with Crippen LogP contribution >= 0.6 is 23.4 Å². The first-order chi connectivity index (χ1) is 6.33. The number of halogens is 4. The van der Waals surface area contributed by atoms with Gasteiger partial charge in [0.25, 0.3) is 0 Å². The molecule has 1 nitrogen and oxygen atoms in total. The predicted molar refractivity (Wildman–Crippen MR) is 51.0 cm³/mol. The van der Waals surface area contributed by atoms with Gasteiger partial charge in [0.1, 0.15) is 5.60 Å². The maximum Gasteiger partial charge on any atom is 0.445 e. The van der Waals surface area contributed by atoms with Gasteiger partial charge in [0.2, 0.25) is 0 Å². The number of hydrogen-bond donors (Lipinski definition) is 1. The lowest BCUT2D eigenvalue weighted by Gasteiger charge is -2.21. The number of rotatable bonds is 2. The van der Waals surface area contributed by atoms with E-state index in [1.54, 1.807) is 0 Å². The molecular formula is C8H10ClF3OS. The second-order valence-electron chi connectivity index (χ2n) is 3.27. The van der Waals surface area contributed by atoms with E-state index in [2.05, 4.69) is 0 Å². The highest BCUT2D eigenvalue weighted by Crippen LogP contribution is 2.41. The molecule has 0 bridgehead atoms. The minimum atomic E-state index is -4.34. The number of hydrogen-bond acceptors (Lipinski definition) is 2. The summed E-state index contributed by atoms with van der Waals surface area (Å²) in [5.41, 5.74) is -5.56. The molecule has 1 aliphatic rings. The second kappa shape index (κ2) is 4.33. The Morgan fingerprint density at radius 2 is 1.86 bits per heavy atom. The molecule has 1 saturated carbocycles. The molecule has 0 spiro atoms. The van der Waals surface area contributed by atoms with Crippen LogP contribution in [0.25, 0.3) is 0 Å². The monoisotopic (exact) mass is 246 g/mol. The van der Waals surface area contributed by atoms with Crippen molar-refractivity contribution in [3.8, 4) is 0 Å². The number of alkyl halides is 3. The van der Waals surface area contributed by atoms with Crippen molar-refractivity contribution in [3.63, 3.8) is 0 Å². The Labute approximate surface area is 89.3 Å². The van der Waals surface area contributed by atoms with Crippen LogP contribution in [0, 0.1) is 0 Å². The first-order valence-corrected chi connectivity index (χ1v) is 5.42. The normalized spacial score (nSPS) is 22.8. The van der Waals surface area contributed by atoms with E-state index in [1.165, 1.54) is 0 Å². The van der Waals surface area contributed by atoms with E-state index in [0.29, 0.717) is 12.8 Å². The fourth-order valence-corrected chi connectivity index (χ4v) is 2.21. The summed E-state index contributed by atoms with van der Waals surface area (Å²) >= 11 is 5.30. The Bertz CT molecular complexity index is 233. The fraction of sp³-hybridized carbons (Fsp3) is 0.750. The molecule has 0 atom stereocenters. The first kappa shape index (κ1) is 12.2. The van der Waals surface area contributed by atoms with Crippen LogP contribution in [0.5, 0.6) is 0 Å². The van der Waals surface area contributed by atoms with Crippen LogP contribution in [0.3, 0.4) is 0 Å². The van der Waals surface area contributed by atoms with Gasteiger partial charge in [0.05, 0.1) is 5.03 Å². The van der Waals surface area contributed by atoms with Gasteiger partial charge in [-0.15, -0.1) is 0 Å². The van der Waals surface area contributed by atoms with Crippen molar-refractivity contribution >= 4 is 23.4 Å². The van der Waals surface area contributed by atoms with Gasteiger partial charge in [-0.1, -0.05) is 24.4 Å². The Morgan fingerprint density at radius 1 is 1.36 bits per heavy atom. The fourth-order valence-electron chi connectivity index (χ4n) is 1.43. The summed E-state index contributed by atoms with van der Waals surface area (Å²) in [4.78, 5) is 0. The molecule has 0 radical (unpaired) electrons. The molecule has 1 N–H and O–H groups in total. The third-order valence-electron chi connectivity index (χ3n) is 2.17. The van der Waals surface area contributed by atoms with Gasteiger partial charge >= 0.3 is 5.51 Å². The summed E-state index contributed by atoms with van der Waals surface area (Å²) in [7, 11) is 0. The summed E-state index contributed by atoms with van der Waals surface area (Å²) in [5, 5.41) is 10.5. The largest absolute Gasteiger partial charge is 0.445 e. The van der Waals surface area contributed by atoms with Crippen molar-refractivity contribution in [2.75, 3.05) is 0 Å². The van der Waals surface area contributed by atoms with Gasteiger partial charge in [-0.25, -0.2) is 0 Å². The van der Waals surface area contributed by atoms with E-state index >= 15 is 0 Å². The zero-order valence-corrected chi connectivity index (χ0v) is 8.85. The second-order valence-corrected chi connectivity index (χ2v) is 4.61. The van der Waals surface area contributed by atoms with Crippen molar-refractivity contribution < 1.29 is 18.3 Å². The van der Waals surface area contributed by atoms with Gasteiger partial charge in [-0.05, 0) is 30.0 Å². The van der Waals surface area contributed by atoms with E-state index in [4.69, 9.17) is 11.6 Å². The highest BCUT2D eigenvalue weighted by Gasteiger charge is 2.36. The van der Waals surface area contributed by atoms with Gasteiger partial charge < -0.3 is 5.11 Å². The van der Waals surface area contributed by atoms with Crippen LogP contribution in [-0.2, 0) is 0 Å². The van der Waals surface area contributed by atoms with Crippen molar-refractivity contribution in [1.29, 1.82) is 0 Å². The van der Waals surface area contributed by atoms with Crippen LogP contribution in [0.2, 0.25) is 0 Å². The minimum Gasteiger partial charge on any atom is -0.384 e. The molecule has 0 aliphatic heterocycles. The van der Waals surface area contributed by atoms with Crippen molar-refractivity contribution in [1.82, 2.24) is 0 Å². The highest BCUT2D eigenvalue weighted by atomic mass is 35.5. The summed E-state index contributed by atoms with van der Waals surface area (Å²) < 4.78 is 35.4. The van der Waals surface area contributed by atoms with Crippen LogP contribution < -0.4 is 0 Å². The molecular weight excluding hydrogens is 237 g/mol. The Morgan fingerprint density at radius 3 is 2.29 bits per heavy atom. The average Bonchev–Trinajstić information content (AvgIpc) is 2.48. The maximum absolute atomic E-state index is 11.8. The topological polar surface area (TPSA) is 20.2 Å². The molecule has 0 amide bonds. The lowest BCUT2D eigenvalue weighted by molar-refractivity contribution is -0.0320. The molecule has 0 unspecified atom stereocenters. The zero-order valence-electron chi connectivity index (χ0n) is 7.27. The standard InChI is InChI=1S/C8H10ClF3OS/c9-6(5-14-8(10,11)12)7(13)3-1-2-4-7/h5,13H,1-4H2/b6-5-. The van der Waals surface area contributed by atoms with Gasteiger partial charge in [0.15, 0.2) is 0 Å². The summed E-state index contributed by atoms with van der Waals surface area (Å²) in [6.45, 7) is 0. The number of thioether (sulfide) groups is 1. The molecule has 6 heteroatoms. The Balaban J connectivity index is 2.59. The molecule has 0 aromatic heterocycles. The molecule has 0 aromatic rings. The van der Waals surface area contributed by atoms with Gasteiger partial charge in [0, 0.05) is 0 Å². The van der Waals surface area contributed by atoms with E-state index in [0.717, 1.165) is 18.2 Å². The Kier molecular flexibility index (Phi) is 3.77. The van der Waals surface area contributed by atoms with E-state index in [1.807, 2.05) is 0 Å². The van der Waals surface area contributed by atoms with E-state index in [9.17, 15) is 18.3 Å². The van der Waals surface area contributed by atoms with Crippen molar-refractivity contribution in [2.45, 2.75) is 36.8 Å². The Hall–Kier alpha value is 0.130. The first-order valence-electron chi connectivity index (χ1n) is 4.17. The lowest BCUT2D eigenvalue weighted by atomic mass is 10.0. The van der Waals surface area contributed by atoms with Crippen molar-refractivity contribution in [3.05, 3.63) is 10.4 Å². The molecule has 14 heavy (non-hydrogen) atoms. The molecule has 0 saturated heterocycles. The third kappa shape index (κ3) is 3.37. The molecule has 0 aromatic carbocycles. The maximum atomic E-state index is 11.8. The van der Waals surface area contributed by atoms with Crippen LogP contribution in [-0.4, -0.2) is 16.2 Å². The smallest absolute Gasteiger partial charge is 0.384 e. The molecule has 82 valence electrons. The summed E-state index contributed by atoms with van der Waals surface area (Å²) in [5.74, 6) is 0.